The summed E-state index contributed by atoms with van der Waals surface area (Å²) in [6.07, 6.45) is 7.46. The predicted octanol–water partition coefficient (Wildman–Crippen LogP) is 3.10. The second-order valence-electron chi connectivity index (χ2n) is 6.48. The van der Waals surface area contributed by atoms with Gasteiger partial charge in [-0.1, -0.05) is 38.0 Å². The van der Waals surface area contributed by atoms with Gasteiger partial charge in [0.05, 0.1) is 6.04 Å². The molecule has 2 aliphatic rings. The number of hydrogen-bond donors (Lipinski definition) is 1. The van der Waals surface area contributed by atoms with Gasteiger partial charge in [-0.25, -0.2) is 4.79 Å². The molecule has 0 aliphatic carbocycles. The number of nitrogens with zero attached hydrogens (tertiary/aromatic N) is 2. The Bertz CT molecular complexity index is 669. The average molecular weight is 327 g/mol. The number of carbonyl (C=O) groups excluding carboxylic acids is 2. The Labute approximate surface area is 143 Å². The first kappa shape index (κ1) is 16.6. The van der Waals surface area contributed by atoms with E-state index in [-0.39, 0.29) is 18.0 Å². The number of carbonyl (C=O) groups is 2. The first-order valence-corrected chi connectivity index (χ1v) is 8.75. The highest BCUT2D eigenvalue weighted by atomic mass is 16.2. The molecule has 3 rings (SSSR count). The minimum absolute atomic E-state index is 0.0435. The fourth-order valence-corrected chi connectivity index (χ4v) is 3.37. The Hall–Kier alpha value is -2.30. The van der Waals surface area contributed by atoms with Crippen molar-refractivity contribution in [3.63, 3.8) is 0 Å². The lowest BCUT2D eigenvalue weighted by atomic mass is 10.1. The molecule has 1 aromatic carbocycles. The van der Waals surface area contributed by atoms with Crippen LogP contribution in [-0.2, 0) is 0 Å². The number of hydrogen-bond acceptors (Lipinski definition) is 2. The molecule has 1 atom stereocenters. The number of aryl methyl sites for hydroxylation is 1. The van der Waals surface area contributed by atoms with Gasteiger partial charge in [-0.2, -0.15) is 0 Å². The zero-order chi connectivity index (χ0) is 17.1. The average Bonchev–Trinajstić information content (AvgIpc) is 3.21. The summed E-state index contributed by atoms with van der Waals surface area (Å²) in [6, 6.07) is 5.75. The first-order chi connectivity index (χ1) is 11.6. The summed E-state index contributed by atoms with van der Waals surface area (Å²) in [5.41, 5.74) is 2.49. The number of urea groups is 1. The zero-order valence-corrected chi connectivity index (χ0v) is 14.4. The van der Waals surface area contributed by atoms with Gasteiger partial charge in [-0.05, 0) is 31.0 Å². The predicted molar refractivity (Wildman–Crippen MR) is 95.4 cm³/mol. The third kappa shape index (κ3) is 3.16. The highest BCUT2D eigenvalue weighted by Crippen LogP contribution is 2.26. The van der Waals surface area contributed by atoms with E-state index in [1.165, 1.54) is 0 Å². The van der Waals surface area contributed by atoms with Crippen LogP contribution in [0.15, 0.2) is 30.4 Å². The third-order valence-corrected chi connectivity index (χ3v) is 4.78. The molecule has 2 heterocycles. The Morgan fingerprint density at radius 2 is 2.21 bits per heavy atom. The van der Waals surface area contributed by atoms with Crippen LogP contribution in [0.4, 0.5) is 10.5 Å². The molecule has 0 saturated carbocycles. The van der Waals surface area contributed by atoms with Crippen LogP contribution in [0.2, 0.25) is 0 Å². The monoisotopic (exact) mass is 327 g/mol. The Morgan fingerprint density at radius 3 is 2.92 bits per heavy atom. The van der Waals surface area contributed by atoms with Crippen LogP contribution in [0.1, 0.15) is 42.1 Å². The minimum atomic E-state index is -0.0913. The van der Waals surface area contributed by atoms with Crippen molar-refractivity contribution in [2.45, 2.75) is 39.2 Å². The number of rotatable bonds is 5. The number of amides is 3. The molecule has 0 spiro atoms. The Morgan fingerprint density at radius 1 is 1.38 bits per heavy atom. The summed E-state index contributed by atoms with van der Waals surface area (Å²) in [4.78, 5) is 28.5. The van der Waals surface area contributed by atoms with Crippen LogP contribution in [0.3, 0.4) is 0 Å². The third-order valence-electron chi connectivity index (χ3n) is 4.78. The van der Waals surface area contributed by atoms with E-state index in [1.807, 2.05) is 30.0 Å². The van der Waals surface area contributed by atoms with Crippen LogP contribution in [0, 0.1) is 6.92 Å². The molecule has 1 unspecified atom stereocenters. The Balaban J connectivity index is 1.81. The van der Waals surface area contributed by atoms with E-state index in [2.05, 4.69) is 24.4 Å². The second-order valence-corrected chi connectivity index (χ2v) is 6.48. The number of unbranched alkanes of at least 4 members (excludes halogenated alkanes) is 1. The maximum Gasteiger partial charge on any atom is 0.322 e. The maximum atomic E-state index is 12.9. The quantitative estimate of drug-likeness (QED) is 0.845. The SMILES string of the molecule is CCCCC1C=CCN1C(=O)c1ccc(C)c(N2CCNC2=O)c1. The van der Waals surface area contributed by atoms with Crippen molar-refractivity contribution in [3.05, 3.63) is 41.5 Å². The van der Waals surface area contributed by atoms with E-state index in [1.54, 1.807) is 4.90 Å². The smallest absolute Gasteiger partial charge is 0.322 e. The molecule has 1 N–H and O–H groups in total. The van der Waals surface area contributed by atoms with Crippen LogP contribution in [0.5, 0.6) is 0 Å². The zero-order valence-electron chi connectivity index (χ0n) is 14.4. The number of anilines is 1. The molecule has 0 bridgehead atoms. The van der Waals surface area contributed by atoms with E-state index in [0.29, 0.717) is 25.2 Å². The van der Waals surface area contributed by atoms with Crippen LogP contribution in [0.25, 0.3) is 0 Å². The highest BCUT2D eigenvalue weighted by molar-refractivity contribution is 5.99. The molecule has 1 saturated heterocycles. The van der Waals surface area contributed by atoms with Gasteiger partial charge in [-0.3, -0.25) is 9.69 Å². The summed E-state index contributed by atoms with van der Waals surface area (Å²) < 4.78 is 0. The van der Waals surface area contributed by atoms with Gasteiger partial charge in [0.25, 0.3) is 5.91 Å². The van der Waals surface area contributed by atoms with E-state index >= 15 is 0 Å². The number of nitrogens with one attached hydrogen (secondary N) is 1. The van der Waals surface area contributed by atoms with Crippen molar-refractivity contribution in [1.29, 1.82) is 0 Å². The van der Waals surface area contributed by atoms with Crippen molar-refractivity contribution < 1.29 is 9.59 Å². The molecule has 5 nitrogen and oxygen atoms in total. The molecule has 0 aromatic heterocycles. The van der Waals surface area contributed by atoms with Crippen molar-refractivity contribution >= 4 is 17.6 Å². The van der Waals surface area contributed by atoms with E-state index in [4.69, 9.17) is 0 Å². The maximum absolute atomic E-state index is 12.9. The van der Waals surface area contributed by atoms with Crippen LogP contribution in [-0.4, -0.2) is 42.5 Å². The number of benzene rings is 1. The van der Waals surface area contributed by atoms with Gasteiger partial charge < -0.3 is 10.2 Å². The van der Waals surface area contributed by atoms with Gasteiger partial charge in [0.1, 0.15) is 0 Å². The molecule has 128 valence electrons. The van der Waals surface area contributed by atoms with Crippen molar-refractivity contribution in [2.75, 3.05) is 24.5 Å². The molecule has 2 aliphatic heterocycles. The van der Waals surface area contributed by atoms with Gasteiger partial charge >= 0.3 is 6.03 Å². The molecule has 3 amide bonds. The van der Waals surface area contributed by atoms with Gasteiger partial charge in [0.15, 0.2) is 0 Å². The topological polar surface area (TPSA) is 52.7 Å². The van der Waals surface area contributed by atoms with Crippen molar-refractivity contribution in [3.8, 4) is 0 Å². The van der Waals surface area contributed by atoms with Gasteiger partial charge in [0.2, 0.25) is 0 Å². The lowest BCUT2D eigenvalue weighted by Gasteiger charge is -2.25. The molecule has 5 heteroatoms. The summed E-state index contributed by atoms with van der Waals surface area (Å²) in [5, 5.41) is 2.81. The van der Waals surface area contributed by atoms with Gasteiger partial charge in [0, 0.05) is 30.9 Å². The fourth-order valence-electron chi connectivity index (χ4n) is 3.37. The van der Waals surface area contributed by atoms with E-state index in [9.17, 15) is 9.59 Å². The van der Waals surface area contributed by atoms with Crippen molar-refractivity contribution in [2.24, 2.45) is 0 Å². The minimum Gasteiger partial charge on any atom is -0.336 e. The molecule has 24 heavy (non-hydrogen) atoms. The van der Waals surface area contributed by atoms with Crippen molar-refractivity contribution in [1.82, 2.24) is 10.2 Å². The van der Waals surface area contributed by atoms with E-state index < -0.39 is 0 Å². The largest absolute Gasteiger partial charge is 0.336 e. The summed E-state index contributed by atoms with van der Waals surface area (Å²) in [7, 11) is 0. The molecular weight excluding hydrogens is 302 g/mol. The molecule has 1 fully saturated rings. The highest BCUT2D eigenvalue weighted by Gasteiger charge is 2.27. The van der Waals surface area contributed by atoms with Crippen LogP contribution >= 0.6 is 0 Å². The molecular formula is C19H25N3O2. The standard InChI is InChI=1S/C19H25N3O2/c1-3-4-6-16-7-5-11-21(16)18(23)15-9-8-14(2)17(13-15)22-12-10-20-19(22)24/h5,7-9,13,16H,3-4,6,10-12H2,1-2H3,(H,20,24). The Kier molecular flexibility index (Phi) is 4.88. The summed E-state index contributed by atoms with van der Waals surface area (Å²) in [5.74, 6) is 0.0435. The lowest BCUT2D eigenvalue weighted by molar-refractivity contribution is 0.0743. The fraction of sp³-hybridized carbons (Fsp3) is 0.474. The van der Waals surface area contributed by atoms with E-state index in [0.717, 1.165) is 30.5 Å². The molecule has 1 aromatic rings. The van der Waals surface area contributed by atoms with Crippen LogP contribution < -0.4 is 10.2 Å². The lowest BCUT2D eigenvalue weighted by Crippen LogP contribution is -2.36. The summed E-state index contributed by atoms with van der Waals surface area (Å²) in [6.45, 7) is 6.09. The molecule has 0 radical (unpaired) electrons. The van der Waals surface area contributed by atoms with Gasteiger partial charge in [-0.15, -0.1) is 0 Å². The summed E-state index contributed by atoms with van der Waals surface area (Å²) >= 11 is 0. The normalized spacial score (nSPS) is 19.9. The first-order valence-electron chi connectivity index (χ1n) is 8.75. The second kappa shape index (κ2) is 7.07.